The number of aromatic amines is 1. The summed E-state index contributed by atoms with van der Waals surface area (Å²) in [7, 11) is 0. The Bertz CT molecular complexity index is 1820. The van der Waals surface area contributed by atoms with Gasteiger partial charge in [0, 0.05) is 37.1 Å². The molecule has 0 unspecified atom stereocenters. The molecule has 0 atom stereocenters. The van der Waals surface area contributed by atoms with Crippen LogP contribution in [0.4, 0.5) is 0 Å². The van der Waals surface area contributed by atoms with Gasteiger partial charge in [0.15, 0.2) is 5.75 Å². The molecule has 40 heavy (non-hydrogen) atoms. The Labute approximate surface area is 256 Å². The Kier molecular flexibility index (Phi) is 8.42. The lowest BCUT2D eigenvalue weighted by molar-refractivity contribution is 0.0733. The van der Waals surface area contributed by atoms with Gasteiger partial charge >= 0.3 is 5.97 Å². The van der Waals surface area contributed by atoms with Crippen molar-refractivity contribution in [2.75, 3.05) is 0 Å². The molecule has 0 aliphatic heterocycles. The van der Waals surface area contributed by atoms with E-state index in [2.05, 4.69) is 47.4 Å². The van der Waals surface area contributed by atoms with Crippen LogP contribution in [0.25, 0.3) is 22.0 Å². The summed E-state index contributed by atoms with van der Waals surface area (Å²) < 4.78 is 6.87. The number of benzene rings is 4. The van der Waals surface area contributed by atoms with Crippen molar-refractivity contribution in [3.8, 4) is 16.9 Å². The number of hydrazone groups is 1. The van der Waals surface area contributed by atoms with Crippen LogP contribution in [0.3, 0.4) is 0 Å². The number of fused-ring (bicyclic) bond motifs is 1. The van der Waals surface area contributed by atoms with E-state index in [1.165, 1.54) is 6.21 Å². The molecule has 0 saturated carbocycles. The normalized spacial score (nSPS) is 11.2. The van der Waals surface area contributed by atoms with Gasteiger partial charge in [0.25, 0.3) is 5.91 Å². The summed E-state index contributed by atoms with van der Waals surface area (Å²) in [4.78, 5) is 29.4. The number of hydrogen-bond acceptors (Lipinski definition) is 4. The van der Waals surface area contributed by atoms with Crippen LogP contribution in [0, 0.1) is 6.92 Å². The van der Waals surface area contributed by atoms with E-state index in [-0.39, 0.29) is 16.3 Å². The number of amides is 1. The molecule has 1 amide bonds. The van der Waals surface area contributed by atoms with Gasteiger partial charge in [-0.05, 0) is 65.3 Å². The molecule has 0 bridgehead atoms. The summed E-state index contributed by atoms with van der Waals surface area (Å²) in [6.45, 7) is 1.99. The van der Waals surface area contributed by atoms with Gasteiger partial charge in [0.1, 0.15) is 5.69 Å². The zero-order chi connectivity index (χ0) is 28.4. The summed E-state index contributed by atoms with van der Waals surface area (Å²) >= 11 is 19.6. The molecule has 1 heterocycles. The quantitative estimate of drug-likeness (QED) is 0.0804. The van der Waals surface area contributed by atoms with Crippen LogP contribution in [0.2, 0.25) is 10.0 Å². The minimum Gasteiger partial charge on any atom is -0.421 e. The fraction of sp³-hybridized carbons (Fsp3) is 0.0333. The fourth-order valence-electron chi connectivity index (χ4n) is 4.19. The Morgan fingerprint density at radius 3 is 2.42 bits per heavy atom. The fourth-order valence-corrected chi connectivity index (χ4v) is 5.98. The zero-order valence-corrected chi connectivity index (χ0v) is 25.5. The molecule has 4 aromatic carbocycles. The van der Waals surface area contributed by atoms with E-state index in [1.54, 1.807) is 42.5 Å². The van der Waals surface area contributed by atoms with Gasteiger partial charge < -0.3 is 9.72 Å². The lowest BCUT2D eigenvalue weighted by Crippen LogP contribution is -2.19. The number of H-pyrrole nitrogens is 1. The maximum atomic E-state index is 13.4. The second kappa shape index (κ2) is 12.0. The molecule has 5 aromatic rings. The average molecular weight is 700 g/mol. The predicted molar refractivity (Wildman–Crippen MR) is 167 cm³/mol. The maximum Gasteiger partial charge on any atom is 0.345 e. The molecule has 0 saturated heterocycles. The second-order valence-electron chi connectivity index (χ2n) is 8.78. The summed E-state index contributed by atoms with van der Waals surface area (Å²) in [6.07, 6.45) is 1.39. The Balaban J connectivity index is 1.46. The van der Waals surface area contributed by atoms with Crippen LogP contribution >= 0.6 is 55.1 Å². The Morgan fingerprint density at radius 2 is 1.68 bits per heavy atom. The minimum atomic E-state index is -0.634. The third-order valence-corrected chi connectivity index (χ3v) is 7.73. The third-order valence-electron chi connectivity index (χ3n) is 6.02. The number of halogens is 4. The van der Waals surface area contributed by atoms with E-state index < -0.39 is 11.9 Å². The summed E-state index contributed by atoms with van der Waals surface area (Å²) in [6, 6.07) is 23.3. The van der Waals surface area contributed by atoms with Gasteiger partial charge in [0.05, 0.1) is 21.3 Å². The second-order valence-corrected chi connectivity index (χ2v) is 11.4. The smallest absolute Gasteiger partial charge is 0.345 e. The molecule has 10 heteroatoms. The number of aryl methyl sites for hydroxylation is 1. The number of esters is 1. The number of rotatable bonds is 6. The molecule has 6 nitrogen and oxygen atoms in total. The van der Waals surface area contributed by atoms with Crippen LogP contribution in [0.15, 0.2) is 92.9 Å². The highest BCUT2D eigenvalue weighted by atomic mass is 79.9. The SMILES string of the molecule is Cc1ccc2[nH]c(C(=O)NN=Cc3cc(Br)cc(Br)c3OC(=O)c3ccccc3Cl)c(-c3ccccc3Cl)c2c1. The first-order valence-electron chi connectivity index (χ1n) is 11.9. The van der Waals surface area contributed by atoms with Crippen molar-refractivity contribution in [1.82, 2.24) is 10.4 Å². The van der Waals surface area contributed by atoms with Crippen LogP contribution in [-0.4, -0.2) is 23.1 Å². The van der Waals surface area contributed by atoms with Gasteiger partial charge in [-0.1, -0.05) is 81.1 Å². The van der Waals surface area contributed by atoms with E-state index in [4.69, 9.17) is 27.9 Å². The number of nitrogens with zero attached hydrogens (tertiary/aromatic N) is 1. The van der Waals surface area contributed by atoms with Gasteiger partial charge in [-0.2, -0.15) is 5.10 Å². The summed E-state index contributed by atoms with van der Waals surface area (Å²) in [5, 5.41) is 5.82. The highest BCUT2D eigenvalue weighted by Crippen LogP contribution is 2.37. The number of carbonyl (C=O) groups is 2. The molecule has 0 spiro atoms. The van der Waals surface area contributed by atoms with E-state index >= 15 is 0 Å². The molecule has 1 aromatic heterocycles. The first-order chi connectivity index (χ1) is 19.2. The van der Waals surface area contributed by atoms with Crippen LogP contribution < -0.4 is 10.2 Å². The number of nitrogens with one attached hydrogen (secondary N) is 2. The van der Waals surface area contributed by atoms with Crippen molar-refractivity contribution in [2.45, 2.75) is 6.92 Å². The Hall–Kier alpha value is -3.43. The highest BCUT2D eigenvalue weighted by molar-refractivity contribution is 9.11. The largest absolute Gasteiger partial charge is 0.421 e. The lowest BCUT2D eigenvalue weighted by Gasteiger charge is -2.11. The predicted octanol–water partition coefficient (Wildman–Crippen LogP) is 8.96. The number of ether oxygens (including phenoxy) is 1. The number of hydrogen-bond donors (Lipinski definition) is 2. The molecule has 5 rings (SSSR count). The standard InChI is InChI=1S/C30H19Br2Cl2N3O3/c1-16-10-11-25-21(12-16)26(19-6-2-4-8-23(19)33)27(36-25)29(38)37-35-15-17-13-18(31)14-22(32)28(17)40-30(39)20-7-3-5-9-24(20)34/h2-15,36H,1H3,(H,37,38). The highest BCUT2D eigenvalue weighted by Gasteiger charge is 2.21. The molecule has 2 N–H and O–H groups in total. The number of carbonyl (C=O) groups excluding carboxylic acids is 2. The molecule has 0 fully saturated rings. The maximum absolute atomic E-state index is 13.4. The molecule has 0 aliphatic rings. The van der Waals surface area contributed by atoms with Crippen molar-refractivity contribution >= 4 is 84.1 Å². The van der Waals surface area contributed by atoms with Gasteiger partial charge in [-0.15, -0.1) is 0 Å². The van der Waals surface area contributed by atoms with Crippen molar-refractivity contribution in [2.24, 2.45) is 5.10 Å². The van der Waals surface area contributed by atoms with Crippen molar-refractivity contribution in [3.63, 3.8) is 0 Å². The first-order valence-corrected chi connectivity index (χ1v) is 14.2. The Morgan fingerprint density at radius 1 is 0.950 bits per heavy atom. The molecule has 0 radical (unpaired) electrons. The third kappa shape index (κ3) is 5.86. The minimum absolute atomic E-state index is 0.212. The molecule has 200 valence electrons. The molecular formula is C30H19Br2Cl2N3O3. The van der Waals surface area contributed by atoms with E-state index in [0.717, 1.165) is 22.0 Å². The van der Waals surface area contributed by atoms with Crippen molar-refractivity contribution in [3.05, 3.63) is 120 Å². The van der Waals surface area contributed by atoms with Gasteiger partial charge in [-0.25, -0.2) is 10.2 Å². The summed E-state index contributed by atoms with van der Waals surface area (Å²) in [5.74, 6) is -0.891. The van der Waals surface area contributed by atoms with Crippen molar-refractivity contribution < 1.29 is 14.3 Å². The zero-order valence-electron chi connectivity index (χ0n) is 20.8. The van der Waals surface area contributed by atoms with Gasteiger partial charge in [-0.3, -0.25) is 4.79 Å². The average Bonchev–Trinajstić information content (AvgIpc) is 3.29. The van der Waals surface area contributed by atoms with E-state index in [0.29, 0.717) is 30.8 Å². The van der Waals surface area contributed by atoms with Crippen molar-refractivity contribution in [1.29, 1.82) is 0 Å². The topological polar surface area (TPSA) is 83.6 Å². The molecule has 0 aliphatic carbocycles. The van der Waals surface area contributed by atoms with E-state index in [9.17, 15) is 9.59 Å². The summed E-state index contributed by atoms with van der Waals surface area (Å²) in [5.41, 5.74) is 6.77. The van der Waals surface area contributed by atoms with Crippen LogP contribution in [0.1, 0.15) is 32.0 Å². The first kappa shape index (κ1) is 28.1. The van der Waals surface area contributed by atoms with Crippen LogP contribution in [-0.2, 0) is 0 Å². The molecular weight excluding hydrogens is 681 g/mol. The van der Waals surface area contributed by atoms with Crippen LogP contribution in [0.5, 0.6) is 5.75 Å². The number of aromatic nitrogens is 1. The lowest BCUT2D eigenvalue weighted by atomic mass is 10.0. The van der Waals surface area contributed by atoms with E-state index in [1.807, 2.05) is 43.3 Å². The monoisotopic (exact) mass is 697 g/mol. The van der Waals surface area contributed by atoms with Gasteiger partial charge in [0.2, 0.25) is 0 Å².